The van der Waals surface area contributed by atoms with Crippen molar-refractivity contribution < 1.29 is 34.5 Å². The van der Waals surface area contributed by atoms with Gasteiger partial charge in [0.25, 0.3) is 5.91 Å². The van der Waals surface area contributed by atoms with E-state index in [0.717, 1.165) is 75.2 Å². The van der Waals surface area contributed by atoms with E-state index in [4.69, 9.17) is 90.7 Å². The fourth-order valence-corrected chi connectivity index (χ4v) is 12.5. The zero-order chi connectivity index (χ0) is 75.7. The highest BCUT2D eigenvalue weighted by atomic mass is 79.9. The molecule has 0 saturated heterocycles. The van der Waals surface area contributed by atoms with Crippen LogP contribution in [-0.4, -0.2) is 122 Å². The third-order valence-corrected chi connectivity index (χ3v) is 18.0. The van der Waals surface area contributed by atoms with Crippen molar-refractivity contribution in [3.63, 3.8) is 0 Å². The Labute approximate surface area is 653 Å². The highest BCUT2D eigenvalue weighted by Gasteiger charge is 2.19. The summed E-state index contributed by atoms with van der Waals surface area (Å²) in [5.74, 6) is 3.35. The number of anilines is 2. The minimum Gasteiger partial charge on any atom is -0.478 e. The maximum atomic E-state index is 11.6. The highest BCUT2D eigenvalue weighted by Crippen LogP contribution is 2.34. The number of halogens is 10. The maximum absolute atomic E-state index is 11.6. The van der Waals surface area contributed by atoms with Gasteiger partial charge in [0.2, 0.25) is 0 Å². The van der Waals surface area contributed by atoms with Gasteiger partial charge < -0.3 is 45.4 Å². The lowest BCUT2D eigenvalue weighted by Crippen LogP contribution is -2.17. The van der Waals surface area contributed by atoms with Gasteiger partial charge in [0, 0.05) is 86.0 Å². The number of aromatic nitrogens is 14. The molecule has 0 aliphatic carbocycles. The molecule has 0 aliphatic rings. The number of nitrogens with zero attached hydrogens (tertiary/aromatic N) is 14. The Morgan fingerprint density at radius 3 is 1.23 bits per heavy atom. The van der Waals surface area contributed by atoms with E-state index in [2.05, 4.69) is 129 Å². The SMILES string of the molecule is CNC(=O)c1ccc(-c2nc3cnc(C)nc3n2C)c(Cl)c1.CNc1nc(C)ncc1N.Cc1ncc2nc(-c3ccc(Br)cc3Cl)n(C)c2n1.Cc1ncc2nc(-c3ccc(C(=O)O)cc3Cl)n(C)c2n1.O=C(O)c1ccc(Br)cc1Cl.O=Cc1ccc(Br)cc1Cl.OCc1ccc(Br)cc1Cl. The number of nitrogens with one attached hydrogen (secondary N) is 2. The first-order valence-electron chi connectivity index (χ1n) is 29.8. The van der Waals surface area contributed by atoms with Gasteiger partial charge in [-0.2, -0.15) is 0 Å². The second-order valence-electron chi connectivity index (χ2n) is 21.3. The Bertz CT molecular complexity index is 5300. The number of rotatable bonds is 9. The van der Waals surface area contributed by atoms with Gasteiger partial charge in [-0.3, -0.25) is 9.59 Å². The second-order valence-corrected chi connectivity index (χ2v) is 27.4. The van der Waals surface area contributed by atoms with Crippen LogP contribution in [0, 0.1) is 27.7 Å². The van der Waals surface area contributed by atoms with Crippen LogP contribution in [0.2, 0.25) is 30.1 Å². The van der Waals surface area contributed by atoms with Crippen molar-refractivity contribution in [3.05, 3.63) is 233 Å². The number of carbonyl (C=O) groups excluding carboxylic acids is 2. The molecule has 103 heavy (non-hydrogen) atoms. The van der Waals surface area contributed by atoms with Gasteiger partial charge in [-0.1, -0.05) is 139 Å². The fourth-order valence-electron chi connectivity index (χ4n) is 8.99. The first kappa shape index (κ1) is 81.6. The molecule has 0 fully saturated rings. The quantitative estimate of drug-likeness (QED) is 0.0731. The van der Waals surface area contributed by atoms with Gasteiger partial charge in [-0.25, -0.2) is 64.4 Å². The molecule has 0 radical (unpaired) electrons. The predicted octanol–water partition coefficient (Wildman–Crippen LogP) is 17.5. The molecule has 34 heteroatoms. The molecule has 13 aromatic rings. The minimum atomic E-state index is -1.02. The number of hydrogen-bond donors (Lipinski definition) is 6. The van der Waals surface area contributed by atoms with E-state index >= 15 is 0 Å². The van der Waals surface area contributed by atoms with Crippen molar-refractivity contribution in [3.8, 4) is 34.2 Å². The third-order valence-electron chi connectivity index (χ3n) is 14.1. The van der Waals surface area contributed by atoms with E-state index in [9.17, 15) is 19.2 Å². The molecule has 0 spiro atoms. The van der Waals surface area contributed by atoms with Gasteiger partial charge >= 0.3 is 11.9 Å². The van der Waals surface area contributed by atoms with Crippen LogP contribution < -0.4 is 16.4 Å². The number of nitrogen functional groups attached to an aromatic ring is 1. The van der Waals surface area contributed by atoms with Gasteiger partial charge in [0.15, 0.2) is 29.0 Å². The molecule has 0 bridgehead atoms. The second kappa shape index (κ2) is 37.7. The smallest absolute Gasteiger partial charge is 0.337 e. The Kier molecular flexibility index (Phi) is 29.9. The summed E-state index contributed by atoms with van der Waals surface area (Å²) in [6, 6.07) is 30.6. The van der Waals surface area contributed by atoms with Crippen LogP contribution >= 0.6 is 133 Å². The summed E-state index contributed by atoms with van der Waals surface area (Å²) in [4.78, 5) is 90.4. The largest absolute Gasteiger partial charge is 0.478 e. The zero-order valence-corrected chi connectivity index (χ0v) is 66.5. The van der Waals surface area contributed by atoms with E-state index in [1.807, 2.05) is 79.9 Å². The maximum Gasteiger partial charge on any atom is 0.337 e. The molecule has 1 amide bonds. The average molecular weight is 1770 g/mol. The number of imidazole rings is 3. The summed E-state index contributed by atoms with van der Waals surface area (Å²) in [5, 5.41) is 34.4. The van der Waals surface area contributed by atoms with Crippen molar-refractivity contribution in [1.29, 1.82) is 0 Å². The Morgan fingerprint density at radius 2 is 0.854 bits per heavy atom. The van der Waals surface area contributed by atoms with Gasteiger partial charge in [-0.15, -0.1) is 0 Å². The Hall–Kier alpha value is -8.65. The fraction of sp³-hybridized carbons (Fsp3) is 0.145. The van der Waals surface area contributed by atoms with Crippen molar-refractivity contribution >= 4 is 202 Å². The van der Waals surface area contributed by atoms with Gasteiger partial charge in [0.1, 0.15) is 57.3 Å². The van der Waals surface area contributed by atoms with Crippen LogP contribution in [0.3, 0.4) is 0 Å². The molecule has 24 nitrogen and oxygen atoms in total. The molecule has 0 atom stereocenters. The molecular weight excluding hydrogens is 1710 g/mol. The number of carboxylic acid groups (broad SMARTS) is 2. The lowest BCUT2D eigenvalue weighted by Gasteiger charge is -2.07. The zero-order valence-electron chi connectivity index (χ0n) is 55.6. The Morgan fingerprint density at radius 1 is 0.476 bits per heavy atom. The van der Waals surface area contributed by atoms with Crippen LogP contribution in [-0.2, 0) is 27.7 Å². The van der Waals surface area contributed by atoms with E-state index in [0.29, 0.717) is 93.3 Å². The number of fused-ring (bicyclic) bond motifs is 3. The molecule has 7 N–H and O–H groups in total. The molecule has 0 aliphatic heterocycles. The Balaban J connectivity index is 0.000000173. The normalized spacial score (nSPS) is 10.4. The number of carbonyl (C=O) groups is 4. The molecular formula is C69H59Br4Cl6N17O7. The number of carboxylic acids is 2. The number of aryl methyl sites for hydroxylation is 7. The van der Waals surface area contributed by atoms with Crippen LogP contribution in [0.1, 0.15) is 70.3 Å². The van der Waals surface area contributed by atoms with Crippen molar-refractivity contribution in [2.45, 2.75) is 34.3 Å². The standard InChI is InChI=1S/C15H14ClN5O.C14H11ClN4O2.C13H10BrClN4.C7H4BrClO2.C7H6BrClO.C7H4BrClO.C6H10N4/c1-8-18-7-12-14(19-8)21(3)13(20-12)10-5-4-9(6-11(10)16)15(22)17-2;1-7-16-6-11-13(17-7)19(2)12(18-11)9-4-3-8(14(20)21)5-10(9)15;1-7-16-6-11-13(17-7)19(2)12(18-11)9-4-3-8(14)5-10(9)15;8-4-1-2-5(7(10)11)6(9)3-4;2*8-6-2-1-5(4-10)7(9)3-6;1-4-9-3-5(7)6(8-2)10-4/h4-7H,1-3H3,(H,17,22);3-6H,1-2H3,(H,20,21);3-6H,1-2H3;1-3H,(H,10,11);1-3,10H,4H2;1-4H;3H,7H2,1-2H3,(H,8,9,10). The van der Waals surface area contributed by atoms with Gasteiger partial charge in [-0.05, 0) is 136 Å². The molecule has 7 aromatic heterocycles. The molecule has 0 unspecified atom stereocenters. The predicted molar refractivity (Wildman–Crippen MR) is 419 cm³/mol. The van der Waals surface area contributed by atoms with Crippen molar-refractivity contribution in [2.24, 2.45) is 21.1 Å². The number of amides is 1. The number of nitrogens with two attached hydrogens (primary N) is 1. The third kappa shape index (κ3) is 21.7. The molecule has 0 saturated carbocycles. The lowest BCUT2D eigenvalue weighted by atomic mass is 10.1. The topological polar surface area (TPSA) is 336 Å². The van der Waals surface area contributed by atoms with E-state index < -0.39 is 11.9 Å². The number of aromatic carboxylic acids is 2. The number of benzene rings is 6. The average Bonchev–Trinajstić information content (AvgIpc) is 1.65. The summed E-state index contributed by atoms with van der Waals surface area (Å²) in [6.07, 6.45) is 7.39. The summed E-state index contributed by atoms with van der Waals surface area (Å²) in [7, 11) is 8.99. The molecule has 6 aromatic carbocycles. The van der Waals surface area contributed by atoms with E-state index in [1.165, 1.54) is 18.2 Å². The lowest BCUT2D eigenvalue weighted by molar-refractivity contribution is 0.0686. The number of aliphatic hydroxyl groups is 1. The van der Waals surface area contributed by atoms with Crippen LogP contribution in [0.25, 0.3) is 67.7 Å². The van der Waals surface area contributed by atoms with E-state index in [1.54, 1.807) is 113 Å². The van der Waals surface area contributed by atoms with Crippen molar-refractivity contribution in [2.75, 3.05) is 25.1 Å². The monoisotopic (exact) mass is 1760 g/mol. The van der Waals surface area contributed by atoms with Crippen LogP contribution in [0.4, 0.5) is 11.5 Å². The summed E-state index contributed by atoms with van der Waals surface area (Å²) >= 11 is 48.9. The number of aldehydes is 1. The first-order chi connectivity index (χ1) is 48.9. The van der Waals surface area contributed by atoms with Crippen LogP contribution in [0.5, 0.6) is 0 Å². The summed E-state index contributed by atoms with van der Waals surface area (Å²) in [6.45, 7) is 7.31. The van der Waals surface area contributed by atoms with Crippen molar-refractivity contribution in [1.82, 2.24) is 73.8 Å². The minimum absolute atomic E-state index is 0.00782. The van der Waals surface area contributed by atoms with Gasteiger partial charge in [0.05, 0.1) is 73.3 Å². The summed E-state index contributed by atoms with van der Waals surface area (Å²) < 4.78 is 9.12. The molecule has 13 rings (SSSR count). The molecule has 532 valence electrons. The summed E-state index contributed by atoms with van der Waals surface area (Å²) in [5.41, 5.74) is 14.8. The highest BCUT2D eigenvalue weighted by molar-refractivity contribution is 9.11. The van der Waals surface area contributed by atoms with E-state index in [-0.39, 0.29) is 28.7 Å². The molecule has 7 heterocycles. The first-order valence-corrected chi connectivity index (χ1v) is 35.2. The van der Waals surface area contributed by atoms with Crippen LogP contribution in [0.15, 0.2) is 152 Å². The number of aliphatic hydroxyl groups excluding tert-OH is 1. The number of hydrogen-bond acceptors (Lipinski definition) is 18.